The minimum atomic E-state index is -2.91. The van der Waals surface area contributed by atoms with Gasteiger partial charge in [0, 0.05) is 6.42 Å². The molecule has 1 aromatic carbocycles. The summed E-state index contributed by atoms with van der Waals surface area (Å²) in [6, 6.07) is 9.65. The molecule has 0 radical (unpaired) electrons. The molecular weight excluding hydrogens is 374 g/mol. The highest BCUT2D eigenvalue weighted by Crippen LogP contribution is 2.24. The van der Waals surface area contributed by atoms with Crippen LogP contribution in [0.15, 0.2) is 40.0 Å². The molecule has 140 valence electrons. The van der Waals surface area contributed by atoms with E-state index >= 15 is 0 Å². The Morgan fingerprint density at radius 3 is 2.81 bits per heavy atom. The number of sulfone groups is 1. The van der Waals surface area contributed by atoms with Gasteiger partial charge in [-0.05, 0) is 24.8 Å². The summed E-state index contributed by atoms with van der Waals surface area (Å²) in [7, 11) is -2.91. The van der Waals surface area contributed by atoms with Crippen molar-refractivity contribution in [3.05, 3.63) is 41.8 Å². The first kappa shape index (κ1) is 18.9. The van der Waals surface area contributed by atoms with Crippen LogP contribution in [-0.4, -0.2) is 41.8 Å². The van der Waals surface area contributed by atoms with E-state index in [0.29, 0.717) is 24.0 Å². The summed E-state index contributed by atoms with van der Waals surface area (Å²) < 4.78 is 28.5. The minimum absolute atomic E-state index is 0.0355. The van der Waals surface area contributed by atoms with Crippen molar-refractivity contribution in [2.45, 2.75) is 31.0 Å². The standard InChI is InChI=1S/C17H21N3O4S2/c1-12(14-5-3-2-4-6-14)18-15(21)10-25-17-20-19-16(24-17)9-13-7-8-26(22,23)11-13/h2-6,12-13H,7-11H2,1H3,(H,18,21)/t12-,13+/m0/s1. The van der Waals surface area contributed by atoms with Gasteiger partial charge in [0.05, 0.1) is 23.3 Å². The van der Waals surface area contributed by atoms with E-state index in [2.05, 4.69) is 15.5 Å². The number of hydrogen-bond acceptors (Lipinski definition) is 7. The summed E-state index contributed by atoms with van der Waals surface area (Å²) in [5.74, 6) is 0.926. The van der Waals surface area contributed by atoms with Gasteiger partial charge in [-0.1, -0.05) is 42.1 Å². The molecule has 1 amide bonds. The summed E-state index contributed by atoms with van der Waals surface area (Å²) in [6.45, 7) is 1.93. The van der Waals surface area contributed by atoms with Crippen LogP contribution in [0.25, 0.3) is 0 Å². The molecular formula is C17H21N3O4S2. The number of benzene rings is 1. The molecule has 3 rings (SSSR count). The third-order valence-corrected chi connectivity index (χ3v) is 6.90. The molecule has 2 heterocycles. The number of aromatic nitrogens is 2. The van der Waals surface area contributed by atoms with Gasteiger partial charge in [-0.25, -0.2) is 8.42 Å². The average molecular weight is 396 g/mol. The highest BCUT2D eigenvalue weighted by atomic mass is 32.2. The van der Waals surface area contributed by atoms with Crippen molar-refractivity contribution >= 4 is 27.5 Å². The second-order valence-electron chi connectivity index (χ2n) is 6.42. The van der Waals surface area contributed by atoms with E-state index in [9.17, 15) is 13.2 Å². The first-order valence-electron chi connectivity index (χ1n) is 8.41. The molecule has 0 saturated carbocycles. The molecule has 1 saturated heterocycles. The lowest BCUT2D eigenvalue weighted by Gasteiger charge is -2.13. The highest BCUT2D eigenvalue weighted by molar-refractivity contribution is 7.99. The van der Waals surface area contributed by atoms with Gasteiger partial charge in [0.15, 0.2) is 9.84 Å². The lowest BCUT2D eigenvalue weighted by atomic mass is 10.1. The predicted octanol–water partition coefficient (Wildman–Crippen LogP) is 2.02. The van der Waals surface area contributed by atoms with Gasteiger partial charge in [-0.3, -0.25) is 4.79 Å². The van der Waals surface area contributed by atoms with Crippen molar-refractivity contribution in [2.75, 3.05) is 17.3 Å². The first-order valence-corrected chi connectivity index (χ1v) is 11.2. The van der Waals surface area contributed by atoms with E-state index in [4.69, 9.17) is 4.42 Å². The van der Waals surface area contributed by atoms with Gasteiger partial charge in [-0.2, -0.15) is 0 Å². The zero-order chi connectivity index (χ0) is 18.6. The number of nitrogens with one attached hydrogen (secondary N) is 1. The molecule has 1 N–H and O–H groups in total. The van der Waals surface area contributed by atoms with Crippen LogP contribution in [0.3, 0.4) is 0 Å². The van der Waals surface area contributed by atoms with Crippen LogP contribution in [0.1, 0.15) is 30.8 Å². The maximum absolute atomic E-state index is 12.1. The van der Waals surface area contributed by atoms with Gasteiger partial charge in [0.25, 0.3) is 5.22 Å². The molecule has 0 unspecified atom stereocenters. The van der Waals surface area contributed by atoms with Crippen molar-refractivity contribution < 1.29 is 17.6 Å². The largest absolute Gasteiger partial charge is 0.416 e. The van der Waals surface area contributed by atoms with Crippen LogP contribution >= 0.6 is 11.8 Å². The lowest BCUT2D eigenvalue weighted by Crippen LogP contribution is -2.28. The normalized spacial score (nSPS) is 20.0. The van der Waals surface area contributed by atoms with E-state index in [-0.39, 0.29) is 35.1 Å². The van der Waals surface area contributed by atoms with E-state index in [1.54, 1.807) is 0 Å². The van der Waals surface area contributed by atoms with Gasteiger partial charge < -0.3 is 9.73 Å². The van der Waals surface area contributed by atoms with Crippen LogP contribution in [-0.2, 0) is 21.1 Å². The summed E-state index contributed by atoms with van der Waals surface area (Å²) in [6.07, 6.45) is 1.09. The van der Waals surface area contributed by atoms with Crippen molar-refractivity contribution in [1.82, 2.24) is 15.5 Å². The monoisotopic (exact) mass is 395 g/mol. The zero-order valence-electron chi connectivity index (χ0n) is 14.4. The zero-order valence-corrected chi connectivity index (χ0v) is 16.1. The fourth-order valence-corrected chi connectivity index (χ4v) is 5.35. The van der Waals surface area contributed by atoms with Gasteiger partial charge in [-0.15, -0.1) is 10.2 Å². The third kappa shape index (κ3) is 5.31. The minimum Gasteiger partial charge on any atom is -0.416 e. The maximum atomic E-state index is 12.1. The number of hydrogen-bond donors (Lipinski definition) is 1. The Morgan fingerprint density at radius 1 is 1.35 bits per heavy atom. The van der Waals surface area contributed by atoms with Gasteiger partial charge in [0.1, 0.15) is 0 Å². The Bertz CT molecular complexity index is 852. The number of carbonyl (C=O) groups is 1. The number of thioether (sulfide) groups is 1. The fourth-order valence-electron chi connectivity index (χ4n) is 2.89. The van der Waals surface area contributed by atoms with E-state index in [1.807, 2.05) is 37.3 Å². The van der Waals surface area contributed by atoms with E-state index in [0.717, 1.165) is 5.56 Å². The van der Waals surface area contributed by atoms with Crippen LogP contribution in [0, 0.1) is 5.92 Å². The Hall–Kier alpha value is -1.87. The Morgan fingerprint density at radius 2 is 2.12 bits per heavy atom. The first-order chi connectivity index (χ1) is 12.4. The summed E-state index contributed by atoms with van der Waals surface area (Å²) in [5, 5.41) is 11.1. The Labute approximate surface area is 156 Å². The van der Waals surface area contributed by atoms with Gasteiger partial charge >= 0.3 is 0 Å². The molecule has 0 aliphatic carbocycles. The van der Waals surface area contributed by atoms with Crippen LogP contribution in [0.4, 0.5) is 0 Å². The third-order valence-electron chi connectivity index (χ3n) is 4.24. The molecule has 0 spiro atoms. The molecule has 2 atom stereocenters. The predicted molar refractivity (Wildman–Crippen MR) is 98.5 cm³/mol. The molecule has 2 aromatic rings. The molecule has 1 aliphatic rings. The van der Waals surface area contributed by atoms with Crippen molar-refractivity contribution in [3.8, 4) is 0 Å². The molecule has 7 nitrogen and oxygen atoms in total. The molecule has 9 heteroatoms. The molecule has 26 heavy (non-hydrogen) atoms. The van der Waals surface area contributed by atoms with Gasteiger partial charge in [0.2, 0.25) is 11.8 Å². The number of nitrogens with zero attached hydrogens (tertiary/aromatic N) is 2. The summed E-state index contributed by atoms with van der Waals surface area (Å²) in [5.41, 5.74) is 1.04. The number of amides is 1. The molecule has 0 bridgehead atoms. The van der Waals surface area contributed by atoms with Crippen molar-refractivity contribution in [3.63, 3.8) is 0 Å². The van der Waals surface area contributed by atoms with E-state index < -0.39 is 9.84 Å². The molecule has 1 aliphatic heterocycles. The van der Waals surface area contributed by atoms with Crippen LogP contribution in [0.5, 0.6) is 0 Å². The second kappa shape index (κ2) is 8.22. The summed E-state index contributed by atoms with van der Waals surface area (Å²) in [4.78, 5) is 12.1. The molecule has 1 fully saturated rings. The smallest absolute Gasteiger partial charge is 0.277 e. The second-order valence-corrected chi connectivity index (χ2v) is 9.58. The average Bonchev–Trinajstić information content (AvgIpc) is 3.20. The maximum Gasteiger partial charge on any atom is 0.277 e. The van der Waals surface area contributed by atoms with E-state index in [1.165, 1.54) is 11.8 Å². The van der Waals surface area contributed by atoms with Crippen molar-refractivity contribution in [1.29, 1.82) is 0 Å². The number of rotatable bonds is 7. The lowest BCUT2D eigenvalue weighted by molar-refractivity contribution is -0.119. The fraction of sp³-hybridized carbons (Fsp3) is 0.471. The highest BCUT2D eigenvalue weighted by Gasteiger charge is 2.29. The van der Waals surface area contributed by atoms with Crippen LogP contribution in [0.2, 0.25) is 0 Å². The quantitative estimate of drug-likeness (QED) is 0.716. The molecule has 1 aromatic heterocycles. The summed E-state index contributed by atoms with van der Waals surface area (Å²) >= 11 is 1.17. The topological polar surface area (TPSA) is 102 Å². The Kier molecular flexibility index (Phi) is 5.98. The SMILES string of the molecule is C[C@H](NC(=O)CSc1nnc(C[C@H]2CCS(=O)(=O)C2)o1)c1ccccc1. The number of carbonyl (C=O) groups excluding carboxylic acids is 1. The Balaban J connectivity index is 1.45. The van der Waals surface area contributed by atoms with Crippen molar-refractivity contribution in [2.24, 2.45) is 5.92 Å². The van der Waals surface area contributed by atoms with Crippen LogP contribution < -0.4 is 5.32 Å².